The molecule has 2 atom stereocenters. The van der Waals surface area contributed by atoms with E-state index < -0.39 is 17.6 Å². The minimum Gasteiger partial charge on any atom is -0.497 e. The lowest BCUT2D eigenvalue weighted by molar-refractivity contribution is -0.116. The Bertz CT molecular complexity index is 1340. The monoisotopic (exact) mass is 593 g/mol. The summed E-state index contributed by atoms with van der Waals surface area (Å²) >= 11 is 25.1. The smallest absolute Gasteiger partial charge is 0.340 e. The van der Waals surface area contributed by atoms with E-state index >= 15 is 0 Å². The summed E-state index contributed by atoms with van der Waals surface area (Å²) in [4.78, 5) is 29.2. The second kappa shape index (κ2) is 12.6. The number of halogens is 4. The maximum absolute atomic E-state index is 13.0. The molecule has 0 saturated carbocycles. The number of amides is 1. The van der Waals surface area contributed by atoms with Crippen LogP contribution in [0.4, 0.5) is 5.69 Å². The van der Waals surface area contributed by atoms with Crippen molar-refractivity contribution in [2.45, 2.75) is 11.6 Å². The highest BCUT2D eigenvalue weighted by molar-refractivity contribution is 6.36. The molecule has 1 amide bonds. The second-order valence-electron chi connectivity index (χ2n) is 8.36. The summed E-state index contributed by atoms with van der Waals surface area (Å²) in [5, 5.41) is 3.93. The molecule has 3 aromatic rings. The fraction of sp³-hybridized carbons (Fsp3) is 0.185. The fourth-order valence-electron chi connectivity index (χ4n) is 3.78. The first-order valence-electron chi connectivity index (χ1n) is 11.4. The van der Waals surface area contributed by atoms with Gasteiger partial charge in [0.25, 0.3) is 0 Å². The number of carbonyl (C=O) groups is 2. The minimum absolute atomic E-state index is 0.0829. The van der Waals surface area contributed by atoms with Crippen LogP contribution in [-0.4, -0.2) is 47.5 Å². The van der Waals surface area contributed by atoms with Crippen molar-refractivity contribution in [1.29, 1.82) is 0 Å². The van der Waals surface area contributed by atoms with Crippen molar-refractivity contribution in [2.75, 3.05) is 25.6 Å². The van der Waals surface area contributed by atoms with Gasteiger partial charge in [-0.3, -0.25) is 4.79 Å². The van der Waals surface area contributed by atoms with E-state index in [2.05, 4.69) is 5.32 Å². The fourth-order valence-corrected chi connectivity index (χ4v) is 4.71. The van der Waals surface area contributed by atoms with Gasteiger partial charge in [0.15, 0.2) is 6.10 Å². The van der Waals surface area contributed by atoms with E-state index in [0.717, 1.165) is 0 Å². The average Bonchev–Trinajstić information content (AvgIpc) is 3.35. The van der Waals surface area contributed by atoms with E-state index in [4.69, 9.17) is 55.9 Å². The Morgan fingerprint density at radius 3 is 2.42 bits per heavy atom. The molecule has 198 valence electrons. The van der Waals surface area contributed by atoms with Gasteiger partial charge in [0.2, 0.25) is 5.91 Å². The predicted molar refractivity (Wildman–Crippen MR) is 150 cm³/mol. The number of rotatable bonds is 9. The molecule has 0 aliphatic carbocycles. The molecule has 0 fully saturated rings. The van der Waals surface area contributed by atoms with Gasteiger partial charge in [0.05, 0.1) is 30.9 Å². The Kier molecular flexibility index (Phi) is 9.28. The summed E-state index contributed by atoms with van der Waals surface area (Å²) in [6.07, 6.45) is 2.60. The number of hydrogen-bond acceptors (Lipinski definition) is 6. The maximum atomic E-state index is 13.0. The third-order valence-corrected chi connectivity index (χ3v) is 6.94. The van der Waals surface area contributed by atoms with E-state index in [9.17, 15) is 9.59 Å². The molecule has 38 heavy (non-hydrogen) atoms. The topological polar surface area (TPSA) is 71.1 Å². The van der Waals surface area contributed by atoms with E-state index in [0.29, 0.717) is 33.7 Å². The van der Waals surface area contributed by atoms with Crippen LogP contribution in [-0.2, 0) is 9.53 Å². The summed E-state index contributed by atoms with van der Waals surface area (Å²) in [6, 6.07) is 18.4. The lowest BCUT2D eigenvalue weighted by Gasteiger charge is -2.31. The Hall–Kier alpha value is -3.10. The molecule has 11 heteroatoms. The summed E-state index contributed by atoms with van der Waals surface area (Å²) in [5.41, 5.74) is 0.608. The van der Waals surface area contributed by atoms with Crippen LogP contribution in [0, 0.1) is 0 Å². The van der Waals surface area contributed by atoms with Gasteiger partial charge in [-0.1, -0.05) is 64.6 Å². The van der Waals surface area contributed by atoms with Crippen molar-refractivity contribution < 1.29 is 19.1 Å². The van der Waals surface area contributed by atoms with E-state index in [1.54, 1.807) is 83.9 Å². The zero-order valence-corrected chi connectivity index (χ0v) is 23.1. The number of methoxy groups -OCH3 is 1. The molecule has 0 aromatic heterocycles. The average molecular weight is 595 g/mol. The standard InChI is InChI=1S/C27H23Cl4N3O4/c1-37-21-4-2-3-20(14-21)32-24(35)15-33-11-12-34(16-33)26(31)25(17-5-7-18(28)8-6-17)38-27(36)22-10-9-19(29)13-23(22)30/h2-14,25-26H,15-16H2,1H3,(H,32,35). The molecular weight excluding hydrogens is 572 g/mol. The van der Waals surface area contributed by atoms with Crippen molar-refractivity contribution >= 4 is 64.0 Å². The van der Waals surface area contributed by atoms with Gasteiger partial charge in [-0.2, -0.15) is 0 Å². The predicted octanol–water partition coefficient (Wildman–Crippen LogP) is 6.80. The van der Waals surface area contributed by atoms with Crippen LogP contribution in [0.5, 0.6) is 5.75 Å². The van der Waals surface area contributed by atoms with E-state index in [-0.39, 0.29) is 23.0 Å². The quantitative estimate of drug-likeness (QED) is 0.167. The number of esters is 1. The molecule has 1 N–H and O–H groups in total. The molecule has 7 nitrogen and oxygen atoms in total. The molecule has 0 bridgehead atoms. The van der Waals surface area contributed by atoms with Crippen molar-refractivity contribution in [3.8, 4) is 5.75 Å². The molecule has 3 aromatic carbocycles. The first kappa shape index (κ1) is 27.9. The number of anilines is 1. The van der Waals surface area contributed by atoms with Gasteiger partial charge >= 0.3 is 5.97 Å². The molecule has 4 rings (SSSR count). The van der Waals surface area contributed by atoms with E-state index in [1.807, 2.05) is 0 Å². The number of nitrogens with one attached hydrogen (secondary N) is 1. The Labute approximate surface area is 240 Å². The van der Waals surface area contributed by atoms with Crippen LogP contribution in [0.2, 0.25) is 15.1 Å². The third kappa shape index (κ3) is 7.05. The summed E-state index contributed by atoms with van der Waals surface area (Å²) in [7, 11) is 1.56. The van der Waals surface area contributed by atoms with Crippen LogP contribution >= 0.6 is 46.4 Å². The Morgan fingerprint density at radius 2 is 1.71 bits per heavy atom. The summed E-state index contributed by atoms with van der Waals surface area (Å²) in [5.74, 6) is -0.230. The zero-order chi connectivity index (χ0) is 27.2. The van der Waals surface area contributed by atoms with E-state index in [1.165, 1.54) is 12.1 Å². The van der Waals surface area contributed by atoms with Crippen LogP contribution in [0.25, 0.3) is 0 Å². The van der Waals surface area contributed by atoms with Crippen LogP contribution in [0.15, 0.2) is 79.1 Å². The number of carbonyl (C=O) groups excluding carboxylic acids is 2. The summed E-state index contributed by atoms with van der Waals surface area (Å²) < 4.78 is 11.0. The van der Waals surface area contributed by atoms with Gasteiger partial charge in [-0.25, -0.2) is 4.79 Å². The van der Waals surface area contributed by atoms with Crippen molar-refractivity contribution in [1.82, 2.24) is 9.80 Å². The van der Waals surface area contributed by atoms with Crippen LogP contribution in [0.3, 0.4) is 0 Å². The summed E-state index contributed by atoms with van der Waals surface area (Å²) in [6.45, 7) is 0.378. The molecule has 0 saturated heterocycles. The molecule has 1 aliphatic heterocycles. The number of ether oxygens (including phenoxy) is 2. The molecule has 0 radical (unpaired) electrons. The normalized spacial score (nSPS) is 14.2. The first-order chi connectivity index (χ1) is 18.2. The van der Waals surface area contributed by atoms with Gasteiger partial charge in [0, 0.05) is 34.2 Å². The van der Waals surface area contributed by atoms with Crippen molar-refractivity contribution in [2.24, 2.45) is 0 Å². The van der Waals surface area contributed by atoms with Gasteiger partial charge < -0.3 is 24.6 Å². The lowest BCUT2D eigenvalue weighted by Crippen LogP contribution is -2.38. The first-order valence-corrected chi connectivity index (χ1v) is 13.0. The van der Waals surface area contributed by atoms with Crippen LogP contribution < -0.4 is 10.1 Å². The molecular formula is C27H23Cl4N3O4. The van der Waals surface area contributed by atoms with Crippen molar-refractivity contribution in [3.63, 3.8) is 0 Å². The number of nitrogens with zero attached hydrogens (tertiary/aromatic N) is 2. The SMILES string of the molecule is COc1cccc(NC(=O)CN2C=CN(C(Cl)C(OC(=O)c3ccc(Cl)cc3Cl)c3ccc(Cl)cc3)C2)c1. The number of hydrogen-bond donors (Lipinski definition) is 1. The lowest BCUT2D eigenvalue weighted by atomic mass is 10.1. The molecule has 0 spiro atoms. The molecule has 1 aliphatic rings. The maximum Gasteiger partial charge on any atom is 0.340 e. The largest absolute Gasteiger partial charge is 0.497 e. The van der Waals surface area contributed by atoms with Crippen LogP contribution in [0.1, 0.15) is 22.0 Å². The molecule has 1 heterocycles. The van der Waals surface area contributed by atoms with Gasteiger partial charge in [-0.05, 0) is 48.0 Å². The van der Waals surface area contributed by atoms with Gasteiger partial charge in [0.1, 0.15) is 11.3 Å². The molecule has 2 unspecified atom stereocenters. The highest BCUT2D eigenvalue weighted by atomic mass is 35.5. The van der Waals surface area contributed by atoms with Gasteiger partial charge in [-0.15, -0.1) is 0 Å². The highest BCUT2D eigenvalue weighted by Crippen LogP contribution is 2.33. The number of benzene rings is 3. The third-order valence-electron chi connectivity index (χ3n) is 5.66. The minimum atomic E-state index is -0.886. The Morgan fingerprint density at radius 1 is 0.974 bits per heavy atom. The highest BCUT2D eigenvalue weighted by Gasteiger charge is 2.32. The second-order valence-corrected chi connectivity index (χ2v) is 10.1. The zero-order valence-electron chi connectivity index (χ0n) is 20.1. The number of alkyl halides is 1. The van der Waals surface area contributed by atoms with Crippen molar-refractivity contribution in [3.05, 3.63) is 105 Å². The Balaban J connectivity index is 1.44.